The van der Waals surface area contributed by atoms with Gasteiger partial charge in [-0.05, 0) is 55.6 Å². The fourth-order valence-corrected chi connectivity index (χ4v) is 2.46. The molecule has 2 N–H and O–H groups in total. The van der Waals surface area contributed by atoms with E-state index in [9.17, 15) is 8.78 Å². The van der Waals surface area contributed by atoms with E-state index in [1.807, 2.05) is 0 Å². The van der Waals surface area contributed by atoms with Crippen molar-refractivity contribution in [2.75, 3.05) is 7.11 Å². The molecule has 0 aliphatic heterocycles. The minimum atomic E-state index is -0.621. The molecular weight excluding hydrogens is 396 g/mol. The molecule has 0 fully saturated rings. The van der Waals surface area contributed by atoms with Gasteiger partial charge in [-0.3, -0.25) is 0 Å². The molecule has 0 aliphatic carbocycles. The molecule has 0 saturated carbocycles. The van der Waals surface area contributed by atoms with Crippen LogP contribution in [0, 0.1) is 11.6 Å². The van der Waals surface area contributed by atoms with E-state index in [2.05, 4.69) is 31.9 Å². The van der Waals surface area contributed by atoms with Crippen molar-refractivity contribution in [1.29, 1.82) is 0 Å². The van der Waals surface area contributed by atoms with Crippen LogP contribution in [0.25, 0.3) is 0 Å². The Kier molecular flexibility index (Phi) is 4.78. The van der Waals surface area contributed by atoms with Gasteiger partial charge in [0.1, 0.15) is 17.4 Å². The van der Waals surface area contributed by atoms with Crippen LogP contribution in [0.4, 0.5) is 8.78 Å². The molecule has 0 heterocycles. The monoisotopic (exact) mass is 405 g/mol. The molecule has 0 aliphatic rings. The summed E-state index contributed by atoms with van der Waals surface area (Å²) < 4.78 is 32.8. The average molecular weight is 407 g/mol. The molecule has 2 nitrogen and oxygen atoms in total. The Morgan fingerprint density at radius 1 is 1.05 bits per heavy atom. The lowest BCUT2D eigenvalue weighted by Crippen LogP contribution is -2.13. The maximum atomic E-state index is 13.6. The number of nitrogens with two attached hydrogens (primary N) is 1. The van der Waals surface area contributed by atoms with Crippen molar-refractivity contribution < 1.29 is 13.5 Å². The van der Waals surface area contributed by atoms with E-state index in [0.717, 1.165) is 0 Å². The van der Waals surface area contributed by atoms with Crippen LogP contribution >= 0.6 is 31.9 Å². The van der Waals surface area contributed by atoms with E-state index in [0.29, 0.717) is 21.3 Å². The van der Waals surface area contributed by atoms with Crippen LogP contribution in [0.5, 0.6) is 5.75 Å². The topological polar surface area (TPSA) is 35.2 Å². The van der Waals surface area contributed by atoms with Crippen molar-refractivity contribution in [1.82, 2.24) is 0 Å². The van der Waals surface area contributed by atoms with Crippen molar-refractivity contribution in [2.45, 2.75) is 6.04 Å². The Bertz CT molecular complexity index is 649. The zero-order valence-electron chi connectivity index (χ0n) is 10.5. The highest BCUT2D eigenvalue weighted by atomic mass is 79.9. The van der Waals surface area contributed by atoms with Crippen LogP contribution in [-0.4, -0.2) is 7.11 Å². The van der Waals surface area contributed by atoms with E-state index in [4.69, 9.17) is 10.5 Å². The maximum absolute atomic E-state index is 13.6. The van der Waals surface area contributed by atoms with Gasteiger partial charge in [-0.2, -0.15) is 0 Å². The quantitative estimate of drug-likeness (QED) is 0.811. The first-order valence-electron chi connectivity index (χ1n) is 5.67. The molecule has 0 radical (unpaired) electrons. The van der Waals surface area contributed by atoms with Crippen LogP contribution in [-0.2, 0) is 0 Å². The van der Waals surface area contributed by atoms with E-state index in [1.54, 1.807) is 18.2 Å². The van der Waals surface area contributed by atoms with E-state index < -0.39 is 17.7 Å². The first-order chi connectivity index (χ1) is 9.43. The number of ether oxygens (including phenoxy) is 1. The lowest BCUT2D eigenvalue weighted by atomic mass is 9.98. The first kappa shape index (κ1) is 15.4. The minimum Gasteiger partial charge on any atom is -0.496 e. The lowest BCUT2D eigenvalue weighted by molar-refractivity contribution is 0.404. The summed E-state index contributed by atoms with van der Waals surface area (Å²) in [6.45, 7) is 0. The second-order valence-electron chi connectivity index (χ2n) is 4.16. The molecule has 0 aromatic heterocycles. The molecule has 2 aromatic carbocycles. The number of hydrogen-bond acceptors (Lipinski definition) is 2. The summed E-state index contributed by atoms with van der Waals surface area (Å²) in [5, 5.41) is 0. The number of hydrogen-bond donors (Lipinski definition) is 1. The van der Waals surface area contributed by atoms with Gasteiger partial charge in [-0.15, -0.1) is 0 Å². The van der Waals surface area contributed by atoms with Crippen molar-refractivity contribution in [2.24, 2.45) is 5.73 Å². The van der Waals surface area contributed by atoms with Crippen LogP contribution in [0.15, 0.2) is 39.3 Å². The molecule has 0 amide bonds. The highest BCUT2D eigenvalue weighted by molar-refractivity contribution is 9.10. The van der Waals surface area contributed by atoms with Gasteiger partial charge in [0.15, 0.2) is 0 Å². The molecule has 2 aromatic rings. The standard InChI is InChI=1S/C14H11Br2F2NO/c1-20-13-6-12(18)10(16)5-8(13)14(19)7-2-3-9(15)11(17)4-7/h2-6,14H,19H2,1H3. The Morgan fingerprint density at radius 2 is 1.70 bits per heavy atom. The third kappa shape index (κ3) is 3.02. The second kappa shape index (κ2) is 6.20. The third-order valence-corrected chi connectivity index (χ3v) is 4.16. The molecule has 1 unspecified atom stereocenters. The van der Waals surface area contributed by atoms with Crippen molar-refractivity contribution in [3.63, 3.8) is 0 Å². The number of rotatable bonds is 3. The fraction of sp³-hybridized carbons (Fsp3) is 0.143. The Balaban J connectivity index is 2.49. The molecule has 20 heavy (non-hydrogen) atoms. The minimum absolute atomic E-state index is 0.279. The predicted molar refractivity (Wildman–Crippen MR) is 80.8 cm³/mol. The Morgan fingerprint density at radius 3 is 2.30 bits per heavy atom. The number of halogens is 4. The van der Waals surface area contributed by atoms with E-state index in [-0.39, 0.29) is 4.47 Å². The molecule has 6 heteroatoms. The molecular formula is C14H11Br2F2NO. The molecule has 0 spiro atoms. The third-order valence-electron chi connectivity index (χ3n) is 2.91. The van der Waals surface area contributed by atoms with Gasteiger partial charge in [0.05, 0.1) is 22.1 Å². The molecule has 0 saturated heterocycles. The molecule has 2 rings (SSSR count). The summed E-state index contributed by atoms with van der Waals surface area (Å²) in [7, 11) is 1.43. The van der Waals surface area contributed by atoms with E-state index in [1.165, 1.54) is 19.2 Å². The summed E-state index contributed by atoms with van der Waals surface area (Å²) in [6, 6.07) is 6.78. The first-order valence-corrected chi connectivity index (χ1v) is 7.26. The van der Waals surface area contributed by atoms with Crippen LogP contribution in [0.3, 0.4) is 0 Å². The molecule has 0 bridgehead atoms. The van der Waals surface area contributed by atoms with Gasteiger partial charge in [-0.25, -0.2) is 8.78 Å². The van der Waals surface area contributed by atoms with Crippen LogP contribution in [0.2, 0.25) is 0 Å². The summed E-state index contributed by atoms with van der Waals surface area (Å²) in [5.74, 6) is -0.528. The maximum Gasteiger partial charge on any atom is 0.141 e. The summed E-state index contributed by atoms with van der Waals surface area (Å²) in [6.07, 6.45) is 0. The number of methoxy groups -OCH3 is 1. The van der Waals surface area contributed by atoms with Gasteiger partial charge in [0.2, 0.25) is 0 Å². The van der Waals surface area contributed by atoms with Gasteiger partial charge < -0.3 is 10.5 Å². The summed E-state index contributed by atoms with van der Waals surface area (Å²) in [5.41, 5.74) is 7.27. The zero-order chi connectivity index (χ0) is 14.9. The molecule has 1 atom stereocenters. The van der Waals surface area contributed by atoms with Gasteiger partial charge in [0.25, 0.3) is 0 Å². The molecule has 106 valence electrons. The van der Waals surface area contributed by atoms with Gasteiger partial charge in [-0.1, -0.05) is 6.07 Å². The van der Waals surface area contributed by atoms with Crippen molar-refractivity contribution in [3.8, 4) is 5.75 Å². The SMILES string of the molecule is COc1cc(F)c(Br)cc1C(N)c1ccc(Br)c(F)c1. The zero-order valence-corrected chi connectivity index (χ0v) is 13.6. The lowest BCUT2D eigenvalue weighted by Gasteiger charge is -2.17. The normalized spacial score (nSPS) is 12.3. The highest BCUT2D eigenvalue weighted by Crippen LogP contribution is 2.33. The second-order valence-corrected chi connectivity index (χ2v) is 5.87. The highest BCUT2D eigenvalue weighted by Gasteiger charge is 2.18. The Labute approximate surface area is 132 Å². The predicted octanol–water partition coefficient (Wildman–Crippen LogP) is 4.55. The summed E-state index contributed by atoms with van der Waals surface area (Å²) >= 11 is 6.20. The van der Waals surface area contributed by atoms with E-state index >= 15 is 0 Å². The van der Waals surface area contributed by atoms with Crippen LogP contribution < -0.4 is 10.5 Å². The van der Waals surface area contributed by atoms with Gasteiger partial charge >= 0.3 is 0 Å². The fourth-order valence-electron chi connectivity index (χ4n) is 1.85. The Hall–Kier alpha value is -0.980. The largest absolute Gasteiger partial charge is 0.496 e. The van der Waals surface area contributed by atoms with Crippen LogP contribution in [0.1, 0.15) is 17.2 Å². The average Bonchev–Trinajstić information content (AvgIpc) is 2.43. The van der Waals surface area contributed by atoms with Crippen molar-refractivity contribution in [3.05, 3.63) is 62.0 Å². The smallest absolute Gasteiger partial charge is 0.141 e. The van der Waals surface area contributed by atoms with Gasteiger partial charge in [0, 0.05) is 11.6 Å². The van der Waals surface area contributed by atoms with Crippen molar-refractivity contribution >= 4 is 31.9 Å². The number of benzene rings is 2. The summed E-state index contributed by atoms with van der Waals surface area (Å²) in [4.78, 5) is 0.